The van der Waals surface area contributed by atoms with E-state index >= 15 is 0 Å². The van der Waals surface area contributed by atoms with Gasteiger partial charge in [0, 0.05) is 19.1 Å². The monoisotopic (exact) mass is 524 g/mol. The molecule has 0 aliphatic carbocycles. The first kappa shape index (κ1) is 29.9. The van der Waals surface area contributed by atoms with Crippen molar-refractivity contribution >= 4 is 25.5 Å². The Kier molecular flexibility index (Phi) is 11.9. The van der Waals surface area contributed by atoms with Gasteiger partial charge in [0.05, 0.1) is 37.7 Å². The molecule has 0 radical (unpaired) electrons. The average Bonchev–Trinajstić information content (AvgIpc) is 3.16. The Morgan fingerprint density at radius 3 is 2.25 bits per heavy atom. The number of rotatable bonds is 16. The van der Waals surface area contributed by atoms with Gasteiger partial charge < -0.3 is 10.4 Å². The van der Waals surface area contributed by atoms with Gasteiger partial charge in [0.25, 0.3) is 0 Å². The Morgan fingerprint density at radius 1 is 1.08 bits per heavy atom. The lowest BCUT2D eigenvalue weighted by Gasteiger charge is -2.28. The van der Waals surface area contributed by atoms with E-state index in [0.29, 0.717) is 19.4 Å². The van der Waals surface area contributed by atoms with Gasteiger partial charge in [-0.2, -0.15) is 0 Å². The third-order valence-electron chi connectivity index (χ3n) is 5.98. The summed E-state index contributed by atoms with van der Waals surface area (Å²) in [5, 5.41) is 12.8. The molecule has 2 unspecified atom stereocenters. The molecule has 0 aromatic heterocycles. The van der Waals surface area contributed by atoms with E-state index in [1.54, 1.807) is 18.7 Å². The number of nitrogens with one attached hydrogen (secondary N) is 1. The summed E-state index contributed by atoms with van der Waals surface area (Å²) < 4.78 is 27.7. The minimum Gasteiger partial charge on any atom is -0.481 e. The number of amides is 1. The highest BCUT2D eigenvalue weighted by Gasteiger charge is 2.55. The number of phosphoric ester groups is 1. The molecule has 200 valence electrons. The molecule has 36 heavy (non-hydrogen) atoms. The van der Waals surface area contributed by atoms with E-state index in [9.17, 15) is 24.1 Å². The van der Waals surface area contributed by atoms with Crippen LogP contribution in [-0.4, -0.2) is 66.1 Å². The van der Waals surface area contributed by atoms with Crippen LogP contribution in [0.25, 0.3) is 0 Å². The zero-order valence-corrected chi connectivity index (χ0v) is 22.0. The second-order valence-electron chi connectivity index (χ2n) is 8.44. The molecule has 0 saturated carbocycles. The fourth-order valence-corrected chi connectivity index (χ4v) is 5.75. The Morgan fingerprint density at radius 2 is 1.72 bits per heavy atom. The van der Waals surface area contributed by atoms with Crippen molar-refractivity contribution in [3.63, 3.8) is 0 Å². The second kappa shape index (κ2) is 14.4. The number of ketones is 1. The highest BCUT2D eigenvalue weighted by atomic mass is 31.2. The SMILES string of the molecule is C=C[C@@H]1C(C(=O)O)C(C(=O)NCCCCOP(=O)(OCC)OCC)[C@H](C(C)=O)N1Cc1ccccc1. The van der Waals surface area contributed by atoms with Gasteiger partial charge in [-0.1, -0.05) is 36.4 Å². The molecule has 1 aliphatic rings. The molecule has 1 fully saturated rings. The molecule has 4 atom stereocenters. The second-order valence-corrected chi connectivity index (χ2v) is 10.1. The zero-order chi connectivity index (χ0) is 26.7. The van der Waals surface area contributed by atoms with Gasteiger partial charge >= 0.3 is 13.8 Å². The van der Waals surface area contributed by atoms with Crippen LogP contribution in [0.15, 0.2) is 43.0 Å². The maximum absolute atomic E-state index is 13.2. The number of carbonyl (C=O) groups is 3. The molecule has 10 nitrogen and oxygen atoms in total. The Labute approximate surface area is 212 Å². The van der Waals surface area contributed by atoms with Crippen LogP contribution in [0.5, 0.6) is 0 Å². The summed E-state index contributed by atoms with van der Waals surface area (Å²) in [7, 11) is -3.59. The first-order valence-corrected chi connectivity index (χ1v) is 13.6. The van der Waals surface area contributed by atoms with E-state index in [0.717, 1.165) is 5.56 Å². The molecule has 2 rings (SSSR count). The number of benzene rings is 1. The highest BCUT2D eigenvalue weighted by molar-refractivity contribution is 7.48. The minimum absolute atomic E-state index is 0.105. The van der Waals surface area contributed by atoms with E-state index in [-0.39, 0.29) is 32.1 Å². The van der Waals surface area contributed by atoms with Crippen molar-refractivity contribution in [1.82, 2.24) is 10.2 Å². The fraction of sp³-hybridized carbons (Fsp3) is 0.560. The van der Waals surface area contributed by atoms with E-state index in [2.05, 4.69) is 11.9 Å². The number of carbonyl (C=O) groups excluding carboxylic acids is 2. The number of carboxylic acids is 1. The quantitative estimate of drug-likeness (QED) is 0.190. The van der Waals surface area contributed by atoms with Gasteiger partial charge in [-0.25, -0.2) is 4.57 Å². The van der Waals surface area contributed by atoms with Crippen molar-refractivity contribution in [1.29, 1.82) is 0 Å². The molecule has 1 saturated heterocycles. The lowest BCUT2D eigenvalue weighted by atomic mass is 9.85. The molecule has 0 spiro atoms. The summed E-state index contributed by atoms with van der Waals surface area (Å²) in [6.07, 6.45) is 2.44. The van der Waals surface area contributed by atoms with Crippen LogP contribution in [-0.2, 0) is 39.1 Å². The predicted octanol–water partition coefficient (Wildman–Crippen LogP) is 3.43. The molecule has 1 aromatic carbocycles. The summed E-state index contributed by atoms with van der Waals surface area (Å²) in [6.45, 7) is 9.56. The van der Waals surface area contributed by atoms with Crippen molar-refractivity contribution in [2.75, 3.05) is 26.4 Å². The lowest BCUT2D eigenvalue weighted by molar-refractivity contribution is -0.146. The largest absolute Gasteiger partial charge is 0.481 e. The minimum atomic E-state index is -3.59. The molecule has 2 N–H and O–H groups in total. The third-order valence-corrected chi connectivity index (χ3v) is 7.63. The normalized spacial score (nSPS) is 22.3. The van der Waals surface area contributed by atoms with Crippen LogP contribution in [0.1, 0.15) is 39.2 Å². The van der Waals surface area contributed by atoms with E-state index in [1.807, 2.05) is 30.3 Å². The summed E-state index contributed by atoms with van der Waals surface area (Å²) in [5.41, 5.74) is 0.900. The van der Waals surface area contributed by atoms with Gasteiger partial charge in [0.2, 0.25) is 5.91 Å². The molecule has 1 aliphatic heterocycles. The van der Waals surface area contributed by atoms with E-state index < -0.39 is 43.6 Å². The number of aliphatic carboxylic acids is 1. The molecule has 1 amide bonds. The number of unbranched alkanes of at least 4 members (excludes halogenated alkanes) is 1. The number of carboxylic acid groups (broad SMARTS) is 1. The van der Waals surface area contributed by atoms with Crippen LogP contribution in [0.4, 0.5) is 0 Å². The van der Waals surface area contributed by atoms with E-state index in [4.69, 9.17) is 13.6 Å². The molecule has 0 bridgehead atoms. The number of nitrogens with zero attached hydrogens (tertiary/aromatic N) is 1. The summed E-state index contributed by atoms with van der Waals surface area (Å²) in [4.78, 5) is 39.9. The number of hydrogen-bond acceptors (Lipinski definition) is 8. The molecular formula is C25H37N2O8P. The van der Waals surface area contributed by atoms with Gasteiger partial charge in [0.1, 0.15) is 5.78 Å². The maximum atomic E-state index is 13.2. The topological polar surface area (TPSA) is 131 Å². The maximum Gasteiger partial charge on any atom is 0.474 e. The van der Waals surface area contributed by atoms with Crippen LogP contribution < -0.4 is 5.32 Å². The van der Waals surface area contributed by atoms with Crippen molar-refractivity contribution in [2.45, 2.75) is 52.2 Å². The van der Waals surface area contributed by atoms with E-state index in [1.165, 1.54) is 13.0 Å². The van der Waals surface area contributed by atoms with Gasteiger partial charge in [-0.05, 0) is 39.2 Å². The molecule has 11 heteroatoms. The van der Waals surface area contributed by atoms with Gasteiger partial charge in [-0.15, -0.1) is 6.58 Å². The zero-order valence-electron chi connectivity index (χ0n) is 21.1. The summed E-state index contributed by atoms with van der Waals surface area (Å²) in [6, 6.07) is 7.78. The fourth-order valence-electron chi connectivity index (χ4n) is 4.54. The van der Waals surface area contributed by atoms with Crippen LogP contribution in [0.3, 0.4) is 0 Å². The standard InChI is InChI=1S/C25H37N2O8P/c1-5-20-21(25(30)31)22(23(18(4)28)27(20)17-19-13-9-8-10-14-19)24(29)26-15-11-12-16-35-36(32,33-6-2)34-7-3/h5,8-10,13-14,20-23H,1,6-7,11-12,15-17H2,2-4H3,(H,26,29)(H,30,31)/t20-,21?,22?,23+/m1/s1. The Balaban J connectivity index is 2.05. The Hall–Kier alpha value is -2.36. The third kappa shape index (κ3) is 7.82. The first-order chi connectivity index (χ1) is 17.2. The van der Waals surface area contributed by atoms with Crippen molar-refractivity contribution < 1.29 is 37.6 Å². The van der Waals surface area contributed by atoms with Crippen LogP contribution in [0.2, 0.25) is 0 Å². The van der Waals surface area contributed by atoms with Crippen molar-refractivity contribution in [2.24, 2.45) is 11.8 Å². The number of Topliss-reactive ketones (excluding diaryl/α,β-unsaturated/α-hetero) is 1. The molecule has 1 aromatic rings. The van der Waals surface area contributed by atoms with Crippen molar-refractivity contribution in [3.8, 4) is 0 Å². The number of likely N-dealkylation sites (tertiary alicyclic amines) is 1. The summed E-state index contributed by atoms with van der Waals surface area (Å²) >= 11 is 0. The summed E-state index contributed by atoms with van der Waals surface area (Å²) in [5.74, 6) is -4.12. The van der Waals surface area contributed by atoms with Gasteiger partial charge in [-0.3, -0.25) is 32.9 Å². The number of hydrogen-bond donors (Lipinski definition) is 2. The highest BCUT2D eigenvalue weighted by Crippen LogP contribution is 2.49. The lowest BCUT2D eigenvalue weighted by Crippen LogP contribution is -2.46. The number of phosphoric acid groups is 1. The first-order valence-electron chi connectivity index (χ1n) is 12.2. The van der Waals surface area contributed by atoms with Crippen LogP contribution >= 0.6 is 7.82 Å². The molecular weight excluding hydrogens is 487 g/mol. The Bertz CT molecular complexity index is 931. The molecule has 1 heterocycles. The van der Waals surface area contributed by atoms with Crippen LogP contribution in [0, 0.1) is 11.8 Å². The smallest absolute Gasteiger partial charge is 0.474 e. The average molecular weight is 525 g/mol. The predicted molar refractivity (Wildman–Crippen MR) is 134 cm³/mol. The van der Waals surface area contributed by atoms with Gasteiger partial charge in [0.15, 0.2) is 0 Å². The van der Waals surface area contributed by atoms with Crippen molar-refractivity contribution in [3.05, 3.63) is 48.6 Å².